The smallest absolute Gasteiger partial charge is 0.238 e. The Balaban J connectivity index is 2.34. The molecule has 1 heterocycles. The summed E-state index contributed by atoms with van der Waals surface area (Å²) in [6, 6.07) is 6.77. The van der Waals surface area contributed by atoms with E-state index in [2.05, 4.69) is 55.4 Å². The van der Waals surface area contributed by atoms with Crippen molar-refractivity contribution in [3.8, 4) is 0 Å². The summed E-state index contributed by atoms with van der Waals surface area (Å²) >= 11 is 1.81. The van der Waals surface area contributed by atoms with E-state index in [4.69, 9.17) is 0 Å². The van der Waals surface area contributed by atoms with Crippen molar-refractivity contribution < 1.29 is 4.79 Å². The van der Waals surface area contributed by atoms with Crippen molar-refractivity contribution in [2.24, 2.45) is 0 Å². The number of nitrogens with zero attached hydrogens (tertiary/aromatic N) is 1. The third-order valence-corrected chi connectivity index (χ3v) is 4.68. The number of rotatable bonds is 5. The summed E-state index contributed by atoms with van der Waals surface area (Å²) in [6.45, 7) is 6.83. The van der Waals surface area contributed by atoms with Crippen LogP contribution in [-0.4, -0.2) is 35.4 Å². The predicted octanol–water partition coefficient (Wildman–Crippen LogP) is 2.88. The van der Waals surface area contributed by atoms with Gasteiger partial charge in [-0.2, -0.15) is 11.8 Å². The van der Waals surface area contributed by atoms with Gasteiger partial charge in [0.05, 0.1) is 6.54 Å². The molecule has 0 spiro atoms. The molecule has 1 aliphatic rings. The lowest BCUT2D eigenvalue weighted by Crippen LogP contribution is -2.41. The molecular weight excluding hydrogens is 268 g/mol. The first kappa shape index (κ1) is 15.4. The van der Waals surface area contributed by atoms with Gasteiger partial charge in [0.1, 0.15) is 6.17 Å². The van der Waals surface area contributed by atoms with Crippen molar-refractivity contribution in [2.75, 3.05) is 18.6 Å². The number of carbonyl (C=O) groups is 1. The maximum absolute atomic E-state index is 12.3. The highest BCUT2D eigenvalue weighted by molar-refractivity contribution is 7.98. The number of carbonyl (C=O) groups excluding carboxylic acids is 1. The van der Waals surface area contributed by atoms with Gasteiger partial charge in [-0.3, -0.25) is 10.1 Å². The summed E-state index contributed by atoms with van der Waals surface area (Å²) in [4.78, 5) is 14.3. The Morgan fingerprint density at radius 1 is 1.45 bits per heavy atom. The van der Waals surface area contributed by atoms with Crippen LogP contribution in [0.15, 0.2) is 18.2 Å². The van der Waals surface area contributed by atoms with Crippen molar-refractivity contribution in [1.82, 2.24) is 10.2 Å². The molecule has 0 aliphatic carbocycles. The molecule has 1 aliphatic heterocycles. The molecule has 0 radical (unpaired) electrons. The lowest BCUT2D eigenvalue weighted by atomic mass is 10.0. The Morgan fingerprint density at radius 3 is 2.85 bits per heavy atom. The zero-order valence-corrected chi connectivity index (χ0v) is 13.6. The van der Waals surface area contributed by atoms with Crippen LogP contribution in [0.5, 0.6) is 0 Å². The number of amides is 1. The van der Waals surface area contributed by atoms with Crippen LogP contribution in [0.25, 0.3) is 0 Å². The van der Waals surface area contributed by atoms with E-state index in [0.29, 0.717) is 12.6 Å². The lowest BCUT2D eigenvalue weighted by molar-refractivity contribution is -0.130. The molecule has 2 unspecified atom stereocenters. The molecule has 0 aromatic heterocycles. The Bertz CT molecular complexity index is 489. The summed E-state index contributed by atoms with van der Waals surface area (Å²) in [5.41, 5.74) is 3.71. The molecule has 3 nitrogen and oxygen atoms in total. The fourth-order valence-electron chi connectivity index (χ4n) is 2.83. The monoisotopic (exact) mass is 292 g/mol. The van der Waals surface area contributed by atoms with E-state index in [0.717, 1.165) is 12.2 Å². The van der Waals surface area contributed by atoms with E-state index in [1.165, 1.54) is 16.7 Å². The average molecular weight is 292 g/mol. The third-order valence-electron chi connectivity index (χ3n) is 3.97. The van der Waals surface area contributed by atoms with E-state index in [1.807, 2.05) is 0 Å². The SMILES string of the molecule is CCC(CSC)N1C(=O)CNC1c1cc(C)ccc1C. The maximum Gasteiger partial charge on any atom is 0.238 e. The zero-order chi connectivity index (χ0) is 14.7. The molecule has 1 fully saturated rings. The first-order valence-corrected chi connectivity index (χ1v) is 8.58. The Kier molecular flexibility index (Phi) is 5.11. The van der Waals surface area contributed by atoms with Crippen molar-refractivity contribution in [3.63, 3.8) is 0 Å². The molecule has 1 aromatic rings. The number of aryl methyl sites for hydroxylation is 2. The van der Waals surface area contributed by atoms with Crippen LogP contribution >= 0.6 is 11.8 Å². The minimum atomic E-state index is 0.0273. The van der Waals surface area contributed by atoms with Crippen molar-refractivity contribution in [3.05, 3.63) is 34.9 Å². The van der Waals surface area contributed by atoms with Crippen molar-refractivity contribution in [1.29, 1.82) is 0 Å². The lowest BCUT2D eigenvalue weighted by Gasteiger charge is -2.33. The van der Waals surface area contributed by atoms with Gasteiger partial charge in [0.2, 0.25) is 5.91 Å². The van der Waals surface area contributed by atoms with Crippen molar-refractivity contribution in [2.45, 2.75) is 39.4 Å². The molecule has 110 valence electrons. The van der Waals surface area contributed by atoms with Gasteiger partial charge in [0.25, 0.3) is 0 Å². The second kappa shape index (κ2) is 6.64. The summed E-state index contributed by atoms with van der Waals surface area (Å²) in [7, 11) is 0. The highest BCUT2D eigenvalue weighted by Crippen LogP contribution is 2.29. The van der Waals surface area contributed by atoms with Gasteiger partial charge in [-0.15, -0.1) is 0 Å². The van der Waals surface area contributed by atoms with Crippen LogP contribution < -0.4 is 5.32 Å². The van der Waals surface area contributed by atoms with Crippen LogP contribution in [0.3, 0.4) is 0 Å². The highest BCUT2D eigenvalue weighted by Gasteiger charge is 2.36. The van der Waals surface area contributed by atoms with Gasteiger partial charge in [0.15, 0.2) is 0 Å². The molecular formula is C16H24N2OS. The first-order chi connectivity index (χ1) is 9.58. The second-order valence-electron chi connectivity index (χ2n) is 5.46. The average Bonchev–Trinajstić information content (AvgIpc) is 2.80. The predicted molar refractivity (Wildman–Crippen MR) is 86.0 cm³/mol. The minimum Gasteiger partial charge on any atom is -0.318 e. The van der Waals surface area contributed by atoms with E-state index in [1.54, 1.807) is 11.8 Å². The second-order valence-corrected chi connectivity index (χ2v) is 6.37. The van der Waals surface area contributed by atoms with Gasteiger partial charge in [-0.05, 0) is 37.7 Å². The molecule has 2 rings (SSSR count). The third kappa shape index (κ3) is 3.01. The molecule has 1 saturated heterocycles. The quantitative estimate of drug-likeness (QED) is 0.905. The molecule has 0 bridgehead atoms. The summed E-state index contributed by atoms with van der Waals surface area (Å²) in [5.74, 6) is 1.21. The summed E-state index contributed by atoms with van der Waals surface area (Å²) in [6.07, 6.45) is 3.12. The maximum atomic E-state index is 12.3. The van der Waals surface area contributed by atoms with Gasteiger partial charge >= 0.3 is 0 Å². The number of benzene rings is 1. The zero-order valence-electron chi connectivity index (χ0n) is 12.8. The number of thioether (sulfide) groups is 1. The molecule has 2 atom stereocenters. The number of nitrogens with one attached hydrogen (secondary N) is 1. The molecule has 0 saturated carbocycles. The van der Waals surface area contributed by atoms with Gasteiger partial charge in [0, 0.05) is 11.8 Å². The van der Waals surface area contributed by atoms with Gasteiger partial charge in [-0.1, -0.05) is 30.7 Å². The molecule has 1 N–H and O–H groups in total. The Labute approximate surface area is 126 Å². The molecule has 1 amide bonds. The largest absolute Gasteiger partial charge is 0.318 e. The summed E-state index contributed by atoms with van der Waals surface area (Å²) < 4.78 is 0. The van der Waals surface area contributed by atoms with Crippen molar-refractivity contribution >= 4 is 17.7 Å². The fourth-order valence-corrected chi connectivity index (χ4v) is 3.61. The van der Waals surface area contributed by atoms with Crippen LogP contribution in [-0.2, 0) is 4.79 Å². The Hall–Kier alpha value is -1.00. The van der Waals surface area contributed by atoms with Gasteiger partial charge in [-0.25, -0.2) is 0 Å². The standard InChI is InChI=1S/C16H24N2OS/c1-5-13(10-20-4)18-15(19)9-17-16(18)14-8-11(2)6-7-12(14)3/h6-8,13,16-17H,5,9-10H2,1-4H3. The van der Waals surface area contributed by atoms with Crippen LogP contribution in [0.4, 0.5) is 0 Å². The highest BCUT2D eigenvalue weighted by atomic mass is 32.2. The van der Waals surface area contributed by atoms with Crippen LogP contribution in [0, 0.1) is 13.8 Å². The van der Waals surface area contributed by atoms with Gasteiger partial charge < -0.3 is 4.90 Å². The minimum absolute atomic E-state index is 0.0273. The van der Waals surface area contributed by atoms with E-state index in [-0.39, 0.29) is 12.1 Å². The number of hydrogen-bond acceptors (Lipinski definition) is 3. The molecule has 4 heteroatoms. The summed E-state index contributed by atoms with van der Waals surface area (Å²) in [5, 5.41) is 3.38. The fraction of sp³-hybridized carbons (Fsp3) is 0.562. The van der Waals surface area contributed by atoms with Crippen LogP contribution in [0.2, 0.25) is 0 Å². The Morgan fingerprint density at radius 2 is 2.20 bits per heavy atom. The van der Waals surface area contributed by atoms with Crippen LogP contribution in [0.1, 0.15) is 36.2 Å². The first-order valence-electron chi connectivity index (χ1n) is 7.19. The van der Waals surface area contributed by atoms with E-state index < -0.39 is 0 Å². The van der Waals surface area contributed by atoms with E-state index in [9.17, 15) is 4.79 Å². The molecule has 20 heavy (non-hydrogen) atoms. The van der Waals surface area contributed by atoms with E-state index >= 15 is 0 Å². The normalized spacial score (nSPS) is 20.5. The number of hydrogen-bond donors (Lipinski definition) is 1. The topological polar surface area (TPSA) is 32.3 Å². The molecule has 1 aromatic carbocycles.